The lowest BCUT2D eigenvalue weighted by molar-refractivity contribution is 0.339. The molecule has 1 unspecified atom stereocenters. The Morgan fingerprint density at radius 3 is 2.32 bits per heavy atom. The average Bonchev–Trinajstić information content (AvgIpc) is 2.91. The van der Waals surface area contributed by atoms with Crippen molar-refractivity contribution in [2.75, 3.05) is 21.3 Å². The standard InChI is InChI=1S/C20H31N5O3/c1-12(8-16-13(2)24-25(5)14(16)3)23-20(21-4)22-11-15-9-17(27-6)19(26)18(10-15)28-7/h9-10,12,26H,8,11H2,1-7H3,(H2,21,22,23). The van der Waals surface area contributed by atoms with E-state index in [-0.39, 0.29) is 11.8 Å². The third-order valence-electron chi connectivity index (χ3n) is 4.78. The number of phenolic OH excluding ortho intramolecular Hbond substituents is 1. The molecule has 1 heterocycles. The number of aliphatic imine (C=N–C) groups is 1. The predicted octanol–water partition coefficient (Wildman–Crippen LogP) is 2.06. The molecule has 0 aliphatic carbocycles. The lowest BCUT2D eigenvalue weighted by atomic mass is 10.1. The van der Waals surface area contributed by atoms with Gasteiger partial charge in [0.1, 0.15) is 0 Å². The van der Waals surface area contributed by atoms with Gasteiger partial charge >= 0.3 is 0 Å². The van der Waals surface area contributed by atoms with Crippen LogP contribution in [-0.2, 0) is 20.0 Å². The molecule has 0 aliphatic rings. The first-order valence-corrected chi connectivity index (χ1v) is 9.20. The van der Waals surface area contributed by atoms with Crippen molar-refractivity contribution in [3.63, 3.8) is 0 Å². The van der Waals surface area contributed by atoms with Crippen LogP contribution in [0.1, 0.15) is 29.4 Å². The number of aromatic hydroxyl groups is 1. The molecule has 2 rings (SSSR count). The van der Waals surface area contributed by atoms with Gasteiger partial charge in [-0.25, -0.2) is 0 Å². The summed E-state index contributed by atoms with van der Waals surface area (Å²) in [7, 11) is 6.72. The lowest BCUT2D eigenvalue weighted by Gasteiger charge is -2.19. The number of guanidine groups is 1. The molecule has 0 spiro atoms. The molecule has 1 aromatic heterocycles. The highest BCUT2D eigenvalue weighted by atomic mass is 16.5. The fraction of sp³-hybridized carbons (Fsp3) is 0.500. The highest BCUT2D eigenvalue weighted by Gasteiger charge is 2.15. The number of hydrogen-bond donors (Lipinski definition) is 3. The van der Waals surface area contributed by atoms with Crippen LogP contribution in [0.25, 0.3) is 0 Å². The van der Waals surface area contributed by atoms with Gasteiger partial charge in [0.2, 0.25) is 5.75 Å². The number of nitrogens with one attached hydrogen (secondary N) is 2. The zero-order valence-corrected chi connectivity index (χ0v) is 17.8. The largest absolute Gasteiger partial charge is 0.502 e. The van der Waals surface area contributed by atoms with Gasteiger partial charge in [-0.2, -0.15) is 5.10 Å². The normalized spacial score (nSPS) is 12.6. The van der Waals surface area contributed by atoms with E-state index >= 15 is 0 Å². The van der Waals surface area contributed by atoms with Crippen LogP contribution in [0.15, 0.2) is 17.1 Å². The van der Waals surface area contributed by atoms with Gasteiger partial charge in [-0.05, 0) is 50.5 Å². The van der Waals surface area contributed by atoms with Crippen molar-refractivity contribution in [3.05, 3.63) is 34.6 Å². The molecule has 0 saturated heterocycles. The van der Waals surface area contributed by atoms with Crippen molar-refractivity contribution in [2.45, 2.75) is 39.8 Å². The zero-order valence-electron chi connectivity index (χ0n) is 17.8. The molecule has 0 radical (unpaired) electrons. The van der Waals surface area contributed by atoms with Gasteiger partial charge in [0, 0.05) is 32.4 Å². The third-order valence-corrected chi connectivity index (χ3v) is 4.78. The van der Waals surface area contributed by atoms with Gasteiger partial charge in [-0.15, -0.1) is 0 Å². The van der Waals surface area contributed by atoms with Crippen molar-refractivity contribution < 1.29 is 14.6 Å². The van der Waals surface area contributed by atoms with Crippen molar-refractivity contribution in [3.8, 4) is 17.2 Å². The fourth-order valence-corrected chi connectivity index (χ4v) is 3.13. The van der Waals surface area contributed by atoms with Gasteiger partial charge in [0.05, 0.1) is 19.9 Å². The summed E-state index contributed by atoms with van der Waals surface area (Å²) < 4.78 is 12.3. The minimum Gasteiger partial charge on any atom is -0.502 e. The van der Waals surface area contributed by atoms with E-state index in [2.05, 4.69) is 34.6 Å². The molecule has 8 heteroatoms. The van der Waals surface area contributed by atoms with Crippen molar-refractivity contribution in [2.24, 2.45) is 12.0 Å². The second-order valence-corrected chi connectivity index (χ2v) is 6.80. The number of benzene rings is 1. The Labute approximate surface area is 166 Å². The molecule has 0 fully saturated rings. The minimum atomic E-state index is -0.00732. The van der Waals surface area contributed by atoms with Crippen LogP contribution in [0.3, 0.4) is 0 Å². The summed E-state index contributed by atoms with van der Waals surface area (Å²) in [6, 6.07) is 3.71. The Balaban J connectivity index is 2.01. The first-order valence-electron chi connectivity index (χ1n) is 9.20. The molecule has 0 aliphatic heterocycles. The number of phenols is 1. The number of hydrogen-bond acceptors (Lipinski definition) is 5. The first kappa shape index (κ1) is 21.4. The Hall–Kier alpha value is -2.90. The summed E-state index contributed by atoms with van der Waals surface area (Å²) >= 11 is 0. The topological polar surface area (TPSA) is 92.9 Å². The van der Waals surface area contributed by atoms with E-state index in [9.17, 15) is 5.11 Å². The van der Waals surface area contributed by atoms with E-state index in [1.807, 2.05) is 18.7 Å². The van der Waals surface area contributed by atoms with Gasteiger partial charge in [0.15, 0.2) is 17.5 Å². The van der Waals surface area contributed by atoms with Crippen LogP contribution >= 0.6 is 0 Å². The number of methoxy groups -OCH3 is 2. The van der Waals surface area contributed by atoms with Gasteiger partial charge in [-0.3, -0.25) is 9.67 Å². The average molecular weight is 390 g/mol. The Morgan fingerprint density at radius 1 is 1.25 bits per heavy atom. The maximum atomic E-state index is 10.0. The maximum absolute atomic E-state index is 10.0. The summed E-state index contributed by atoms with van der Waals surface area (Å²) in [6.45, 7) is 6.74. The second-order valence-electron chi connectivity index (χ2n) is 6.80. The van der Waals surface area contributed by atoms with E-state index in [0.717, 1.165) is 17.7 Å². The van der Waals surface area contributed by atoms with Gasteiger partial charge in [-0.1, -0.05) is 0 Å². The van der Waals surface area contributed by atoms with Gasteiger partial charge in [0.25, 0.3) is 0 Å². The summed E-state index contributed by atoms with van der Waals surface area (Å²) in [4.78, 5) is 4.30. The number of nitrogens with zero attached hydrogens (tertiary/aromatic N) is 3. The zero-order chi connectivity index (χ0) is 20.8. The summed E-state index contributed by atoms with van der Waals surface area (Å²) in [5.41, 5.74) is 4.39. The van der Waals surface area contributed by atoms with E-state index < -0.39 is 0 Å². The quantitative estimate of drug-likeness (QED) is 0.496. The van der Waals surface area contributed by atoms with Gasteiger partial charge < -0.3 is 25.2 Å². The third kappa shape index (κ3) is 4.88. The smallest absolute Gasteiger partial charge is 0.200 e. The maximum Gasteiger partial charge on any atom is 0.200 e. The van der Waals surface area contributed by atoms with Crippen LogP contribution in [-0.4, -0.2) is 48.2 Å². The Bertz CT molecular complexity index is 820. The summed E-state index contributed by atoms with van der Waals surface area (Å²) in [5, 5.41) is 21.2. The van der Waals surface area contributed by atoms with E-state index in [1.54, 1.807) is 19.2 Å². The van der Waals surface area contributed by atoms with Crippen molar-refractivity contribution >= 4 is 5.96 Å². The highest BCUT2D eigenvalue weighted by molar-refractivity contribution is 5.80. The molecule has 1 atom stereocenters. The second kappa shape index (κ2) is 9.34. The number of ether oxygens (including phenoxy) is 2. The highest BCUT2D eigenvalue weighted by Crippen LogP contribution is 2.36. The van der Waals surface area contributed by atoms with E-state index in [4.69, 9.17) is 9.47 Å². The number of aryl methyl sites for hydroxylation is 2. The van der Waals surface area contributed by atoms with E-state index in [0.29, 0.717) is 24.0 Å². The molecule has 0 amide bonds. The molecule has 3 N–H and O–H groups in total. The summed E-state index contributed by atoms with van der Waals surface area (Å²) in [6.07, 6.45) is 0.854. The molecule has 8 nitrogen and oxygen atoms in total. The molecule has 28 heavy (non-hydrogen) atoms. The monoisotopic (exact) mass is 389 g/mol. The van der Waals surface area contributed by atoms with E-state index in [1.165, 1.54) is 25.5 Å². The molecule has 1 aromatic carbocycles. The Morgan fingerprint density at radius 2 is 1.86 bits per heavy atom. The molecule has 154 valence electrons. The van der Waals surface area contributed by atoms with Crippen LogP contribution in [0, 0.1) is 13.8 Å². The lowest BCUT2D eigenvalue weighted by Crippen LogP contribution is -2.42. The fourth-order valence-electron chi connectivity index (χ4n) is 3.13. The minimum absolute atomic E-state index is 0.00732. The van der Waals surface area contributed by atoms with Crippen LogP contribution in [0.2, 0.25) is 0 Å². The summed E-state index contributed by atoms with van der Waals surface area (Å²) in [5.74, 6) is 1.43. The number of aromatic nitrogens is 2. The van der Waals surface area contributed by atoms with Crippen LogP contribution < -0.4 is 20.1 Å². The molecule has 0 bridgehead atoms. The van der Waals surface area contributed by atoms with Crippen LogP contribution in [0.5, 0.6) is 17.2 Å². The molecule has 2 aromatic rings. The molecular formula is C20H31N5O3. The van der Waals surface area contributed by atoms with Crippen molar-refractivity contribution in [1.82, 2.24) is 20.4 Å². The Kier molecular flexibility index (Phi) is 7.14. The molecular weight excluding hydrogens is 358 g/mol. The van der Waals surface area contributed by atoms with Crippen LogP contribution in [0.4, 0.5) is 0 Å². The number of rotatable bonds is 7. The SMILES string of the molecule is CN=C(NCc1cc(OC)c(O)c(OC)c1)NC(C)Cc1c(C)nn(C)c1C. The predicted molar refractivity (Wildman–Crippen MR) is 110 cm³/mol. The molecule has 0 saturated carbocycles. The van der Waals surface area contributed by atoms with Crippen molar-refractivity contribution in [1.29, 1.82) is 0 Å². The first-order chi connectivity index (χ1) is 13.3.